The summed E-state index contributed by atoms with van der Waals surface area (Å²) in [6.07, 6.45) is 6.52. The second kappa shape index (κ2) is 9.25. The van der Waals surface area contributed by atoms with Crippen LogP contribution in [0.25, 0.3) is 0 Å². The van der Waals surface area contributed by atoms with E-state index in [0.29, 0.717) is 47.8 Å². The number of fused-ring (bicyclic) bond motifs is 2. The minimum atomic E-state index is 0.333. The van der Waals surface area contributed by atoms with Gasteiger partial charge in [-0.1, -0.05) is 27.2 Å². The first-order chi connectivity index (χ1) is 16.2. The molecule has 0 bridgehead atoms. The van der Waals surface area contributed by atoms with Crippen molar-refractivity contribution in [2.24, 2.45) is 4.99 Å². The lowest BCUT2D eigenvalue weighted by Crippen LogP contribution is -2.09. The highest BCUT2D eigenvalue weighted by molar-refractivity contribution is 9.10. The van der Waals surface area contributed by atoms with Crippen LogP contribution in [-0.2, 0) is 6.54 Å². The predicted molar refractivity (Wildman–Crippen MR) is 125 cm³/mol. The van der Waals surface area contributed by atoms with E-state index in [-0.39, 0.29) is 0 Å². The molecule has 0 fully saturated rings. The highest BCUT2D eigenvalue weighted by Gasteiger charge is 2.20. The van der Waals surface area contributed by atoms with Gasteiger partial charge in [-0.2, -0.15) is 4.98 Å². The van der Waals surface area contributed by atoms with Crippen LogP contribution in [0.15, 0.2) is 64.6 Å². The Morgan fingerprint density at radius 1 is 1.15 bits per heavy atom. The molecular formula is C22H18BrN7O3. The Morgan fingerprint density at radius 3 is 2.91 bits per heavy atom. The van der Waals surface area contributed by atoms with Crippen LogP contribution in [-0.4, -0.2) is 44.9 Å². The number of aliphatic imine (C=N–C) groups is 1. The van der Waals surface area contributed by atoms with Crippen molar-refractivity contribution in [1.29, 1.82) is 0 Å². The molecule has 0 saturated carbocycles. The number of methoxy groups -OCH3 is 1. The van der Waals surface area contributed by atoms with Gasteiger partial charge in [0.25, 0.3) is 5.88 Å². The summed E-state index contributed by atoms with van der Waals surface area (Å²) < 4.78 is 20.2. The topological polar surface area (TPSA) is 109 Å². The number of nitrogens with one attached hydrogen (secondary N) is 1. The van der Waals surface area contributed by atoms with Gasteiger partial charge in [-0.3, -0.25) is 0 Å². The van der Waals surface area contributed by atoms with Crippen molar-refractivity contribution in [2.45, 2.75) is 6.54 Å². The zero-order valence-electron chi connectivity index (χ0n) is 17.5. The molecule has 0 unspecified atom stereocenters. The van der Waals surface area contributed by atoms with Crippen molar-refractivity contribution in [3.63, 3.8) is 0 Å². The molecule has 2 aromatic heterocycles. The fourth-order valence-electron chi connectivity index (χ4n) is 3.21. The first kappa shape index (κ1) is 20.9. The van der Waals surface area contributed by atoms with Gasteiger partial charge in [0.15, 0.2) is 23.0 Å². The Balaban J connectivity index is 1.42. The van der Waals surface area contributed by atoms with Crippen molar-refractivity contribution in [3.05, 3.63) is 65.2 Å². The van der Waals surface area contributed by atoms with Gasteiger partial charge in [0.05, 0.1) is 19.9 Å². The molecule has 0 saturated heterocycles. The van der Waals surface area contributed by atoms with E-state index in [1.807, 2.05) is 30.3 Å². The Morgan fingerprint density at radius 2 is 2.09 bits per heavy atom. The van der Waals surface area contributed by atoms with Crippen LogP contribution in [0, 0.1) is 0 Å². The third-order valence-electron chi connectivity index (χ3n) is 4.76. The van der Waals surface area contributed by atoms with Crippen LogP contribution < -0.4 is 19.5 Å². The third-order valence-corrected chi connectivity index (χ3v) is 5.25. The molecule has 0 aliphatic carbocycles. The van der Waals surface area contributed by atoms with Gasteiger partial charge in [0.2, 0.25) is 0 Å². The lowest BCUT2D eigenvalue weighted by atomic mass is 10.2. The van der Waals surface area contributed by atoms with Gasteiger partial charge in [0, 0.05) is 34.2 Å². The molecule has 5 rings (SSSR count). The maximum absolute atomic E-state index is 6.08. The molecule has 0 atom stereocenters. The van der Waals surface area contributed by atoms with Crippen LogP contribution in [0.4, 0.5) is 17.2 Å². The number of benzene rings is 2. The summed E-state index contributed by atoms with van der Waals surface area (Å²) in [6.45, 7) is 0.944. The molecule has 1 aliphatic heterocycles. The number of hydrogen-bond donors (Lipinski definition) is 1. The van der Waals surface area contributed by atoms with Crippen molar-refractivity contribution in [2.75, 3.05) is 19.0 Å². The fourth-order valence-corrected chi connectivity index (χ4v) is 3.61. The highest BCUT2D eigenvalue weighted by Crippen LogP contribution is 2.42. The van der Waals surface area contributed by atoms with Crippen LogP contribution >= 0.6 is 15.9 Å². The number of ether oxygens (including phenoxy) is 3. The monoisotopic (exact) mass is 507 g/mol. The van der Waals surface area contributed by atoms with E-state index < -0.39 is 0 Å². The molecule has 2 aromatic carbocycles. The van der Waals surface area contributed by atoms with E-state index in [1.54, 1.807) is 36.5 Å². The van der Waals surface area contributed by atoms with Crippen molar-refractivity contribution in [1.82, 2.24) is 25.0 Å². The zero-order valence-corrected chi connectivity index (χ0v) is 19.1. The van der Waals surface area contributed by atoms with Crippen LogP contribution in [0.3, 0.4) is 0 Å². The number of anilines is 2. The quantitative estimate of drug-likeness (QED) is 0.342. The summed E-state index contributed by atoms with van der Waals surface area (Å²) in [5, 5.41) is 11.0. The van der Waals surface area contributed by atoms with Gasteiger partial charge in [-0.25, -0.2) is 14.7 Å². The van der Waals surface area contributed by atoms with E-state index in [0.717, 1.165) is 15.7 Å². The molecule has 0 radical (unpaired) electrons. The minimum Gasteiger partial charge on any atom is -0.493 e. The largest absolute Gasteiger partial charge is 0.493 e. The molecular weight excluding hydrogens is 490 g/mol. The number of nitrogens with zero attached hydrogens (tertiary/aromatic N) is 6. The van der Waals surface area contributed by atoms with E-state index in [4.69, 9.17) is 14.2 Å². The first-order valence-corrected chi connectivity index (χ1v) is 10.8. The molecule has 1 aliphatic rings. The Bertz CT molecular complexity index is 1310. The van der Waals surface area contributed by atoms with E-state index in [9.17, 15) is 0 Å². The maximum Gasteiger partial charge on any atom is 0.250 e. The Labute approximate surface area is 197 Å². The average Bonchev–Trinajstić information content (AvgIpc) is 3.26. The molecule has 0 amide bonds. The predicted octanol–water partition coefficient (Wildman–Crippen LogP) is 4.52. The van der Waals surface area contributed by atoms with E-state index in [1.165, 1.54) is 6.33 Å². The van der Waals surface area contributed by atoms with Crippen LogP contribution in [0.2, 0.25) is 0 Å². The molecule has 10 nitrogen and oxygen atoms in total. The van der Waals surface area contributed by atoms with Crippen LogP contribution in [0.1, 0.15) is 5.56 Å². The number of hydrogen-bond acceptors (Lipinski definition) is 9. The summed E-state index contributed by atoms with van der Waals surface area (Å²) in [5.41, 5.74) is 2.06. The number of aromatic nitrogens is 5. The smallest absolute Gasteiger partial charge is 0.250 e. The fraction of sp³-hybridized carbons (Fsp3) is 0.136. The average molecular weight is 508 g/mol. The number of rotatable bonds is 7. The van der Waals surface area contributed by atoms with Crippen molar-refractivity contribution < 1.29 is 14.2 Å². The highest BCUT2D eigenvalue weighted by atomic mass is 79.9. The van der Waals surface area contributed by atoms with Gasteiger partial charge in [-0.05, 0) is 24.3 Å². The lowest BCUT2D eigenvalue weighted by molar-refractivity contribution is 0.272. The minimum absolute atomic E-state index is 0.333. The van der Waals surface area contributed by atoms with Gasteiger partial charge < -0.3 is 19.5 Å². The molecule has 166 valence electrons. The Hall–Kier alpha value is -3.99. The summed E-state index contributed by atoms with van der Waals surface area (Å²) in [6, 6.07) is 11.3. The van der Waals surface area contributed by atoms with Gasteiger partial charge in [0.1, 0.15) is 18.7 Å². The SMILES string of the molecule is COc1cc2c(cc1OCCn1ccnn1)C=Nc1c(Nc3cccc(Br)c3)ncnc1O2. The molecule has 3 heterocycles. The number of halogens is 1. The Kier molecular flexibility index (Phi) is 5.85. The molecule has 33 heavy (non-hydrogen) atoms. The summed E-state index contributed by atoms with van der Waals surface area (Å²) in [7, 11) is 1.58. The summed E-state index contributed by atoms with van der Waals surface area (Å²) in [5.74, 6) is 2.50. The molecule has 11 heteroatoms. The standard InChI is InChI=1S/C22H18BrN7O3/c1-31-18-11-17-14(9-19(18)32-8-7-30-6-5-27-29-30)12-24-20-21(25-13-26-22(20)33-17)28-16-4-2-3-15(23)10-16/h2-6,9-13H,7-8H2,1H3,(H,25,26,28). The lowest BCUT2D eigenvalue weighted by Gasteiger charge is -2.14. The third kappa shape index (κ3) is 4.62. The second-order valence-electron chi connectivity index (χ2n) is 6.93. The molecule has 4 aromatic rings. The molecule has 0 spiro atoms. The summed E-state index contributed by atoms with van der Waals surface area (Å²) >= 11 is 3.47. The van der Waals surface area contributed by atoms with E-state index >= 15 is 0 Å². The zero-order chi connectivity index (χ0) is 22.6. The van der Waals surface area contributed by atoms with Crippen molar-refractivity contribution >= 4 is 39.3 Å². The van der Waals surface area contributed by atoms with Crippen LogP contribution in [0.5, 0.6) is 23.1 Å². The molecule has 1 N–H and O–H groups in total. The first-order valence-electron chi connectivity index (χ1n) is 9.98. The summed E-state index contributed by atoms with van der Waals surface area (Å²) in [4.78, 5) is 13.2. The van der Waals surface area contributed by atoms with Crippen molar-refractivity contribution in [3.8, 4) is 23.1 Å². The van der Waals surface area contributed by atoms with Gasteiger partial charge in [-0.15, -0.1) is 5.10 Å². The van der Waals surface area contributed by atoms with Gasteiger partial charge >= 0.3 is 0 Å². The maximum atomic E-state index is 6.08. The normalized spacial score (nSPS) is 11.7. The second-order valence-corrected chi connectivity index (χ2v) is 7.84. The van der Waals surface area contributed by atoms with E-state index in [2.05, 4.69) is 46.5 Å².